The molecule has 0 amide bonds. The van der Waals surface area contributed by atoms with Gasteiger partial charge in [-0.3, -0.25) is 0 Å². The number of halogens is 3. The number of nitrogens with zero attached hydrogens (tertiary/aromatic N) is 2. The summed E-state index contributed by atoms with van der Waals surface area (Å²) in [5, 5.41) is 0. The molecule has 0 bridgehead atoms. The van der Waals surface area contributed by atoms with Crippen LogP contribution in [0.1, 0.15) is 70.0 Å². The molecule has 2 unspecified atom stereocenters. The molecule has 3 rings (SSSR count). The van der Waals surface area contributed by atoms with Crippen molar-refractivity contribution < 1.29 is 31.1 Å². The lowest BCUT2D eigenvalue weighted by Crippen LogP contribution is -2.28. The predicted octanol–water partition coefficient (Wildman–Crippen LogP) is 5.99. The Hall–Kier alpha value is -2.04. The van der Waals surface area contributed by atoms with E-state index in [0.29, 0.717) is 25.9 Å². The van der Waals surface area contributed by atoms with Crippen LogP contribution in [-0.4, -0.2) is 36.8 Å². The lowest BCUT2D eigenvalue weighted by Gasteiger charge is -2.29. The molecule has 0 saturated carbocycles. The second-order valence-corrected chi connectivity index (χ2v) is 9.95. The fourth-order valence-corrected chi connectivity index (χ4v) is 4.84. The number of aromatic nitrogens is 2. The van der Waals surface area contributed by atoms with E-state index in [-0.39, 0.29) is 17.0 Å². The van der Waals surface area contributed by atoms with Crippen LogP contribution in [-0.2, 0) is 19.3 Å². The number of benzene rings is 1. The SMILES string of the molecule is CCCCCCC(OC1CCCCO1)c1ccc(-c2ncccn2)cc1S(=O)(=O)C(F)(F)F. The minimum absolute atomic E-state index is 0.0160. The predicted molar refractivity (Wildman–Crippen MR) is 117 cm³/mol. The van der Waals surface area contributed by atoms with Crippen LogP contribution < -0.4 is 0 Å². The van der Waals surface area contributed by atoms with Gasteiger partial charge in [0.2, 0.25) is 0 Å². The van der Waals surface area contributed by atoms with Gasteiger partial charge in [-0.25, -0.2) is 18.4 Å². The van der Waals surface area contributed by atoms with E-state index in [1.807, 2.05) is 0 Å². The zero-order chi connectivity index (χ0) is 23.9. The van der Waals surface area contributed by atoms with E-state index in [4.69, 9.17) is 9.47 Å². The summed E-state index contributed by atoms with van der Waals surface area (Å²) in [5.41, 5.74) is -5.29. The first-order chi connectivity index (χ1) is 15.7. The van der Waals surface area contributed by atoms with Crippen molar-refractivity contribution in [3.05, 3.63) is 42.2 Å². The summed E-state index contributed by atoms with van der Waals surface area (Å²) in [6.07, 6.45) is 7.77. The maximum atomic E-state index is 13.6. The number of unbranched alkanes of at least 4 members (excludes halogenated alkanes) is 3. The van der Waals surface area contributed by atoms with Crippen LogP contribution in [0.25, 0.3) is 11.4 Å². The Morgan fingerprint density at radius 3 is 2.55 bits per heavy atom. The number of hydrogen-bond donors (Lipinski definition) is 0. The van der Waals surface area contributed by atoms with Gasteiger partial charge in [0, 0.05) is 24.6 Å². The van der Waals surface area contributed by atoms with E-state index in [1.165, 1.54) is 24.5 Å². The molecule has 33 heavy (non-hydrogen) atoms. The van der Waals surface area contributed by atoms with Crippen molar-refractivity contribution in [2.75, 3.05) is 6.61 Å². The first-order valence-corrected chi connectivity index (χ1v) is 12.7. The summed E-state index contributed by atoms with van der Waals surface area (Å²) in [6, 6.07) is 5.48. The number of alkyl halides is 3. The van der Waals surface area contributed by atoms with Crippen molar-refractivity contribution in [3.8, 4) is 11.4 Å². The molecule has 0 radical (unpaired) electrons. The molecule has 1 aliphatic rings. The number of rotatable bonds is 10. The van der Waals surface area contributed by atoms with E-state index in [9.17, 15) is 21.6 Å². The minimum atomic E-state index is -5.64. The number of sulfone groups is 1. The third kappa shape index (κ3) is 6.51. The van der Waals surface area contributed by atoms with Gasteiger partial charge in [-0.2, -0.15) is 13.2 Å². The normalized spacial score (nSPS) is 18.2. The molecule has 0 spiro atoms. The van der Waals surface area contributed by atoms with Crippen LogP contribution in [0.5, 0.6) is 0 Å². The van der Waals surface area contributed by atoms with Crippen molar-refractivity contribution in [2.45, 2.75) is 81.1 Å². The highest BCUT2D eigenvalue weighted by atomic mass is 32.2. The van der Waals surface area contributed by atoms with E-state index in [0.717, 1.165) is 38.2 Å². The van der Waals surface area contributed by atoms with Gasteiger partial charge >= 0.3 is 5.51 Å². The molecule has 0 aliphatic carbocycles. The molecule has 182 valence electrons. The van der Waals surface area contributed by atoms with Crippen molar-refractivity contribution in [1.29, 1.82) is 0 Å². The lowest BCUT2D eigenvalue weighted by molar-refractivity contribution is -0.192. The largest absolute Gasteiger partial charge is 0.501 e. The highest BCUT2D eigenvalue weighted by Crippen LogP contribution is 2.39. The summed E-state index contributed by atoms with van der Waals surface area (Å²) < 4.78 is 77.7. The maximum absolute atomic E-state index is 13.6. The van der Waals surface area contributed by atoms with Gasteiger partial charge in [0.1, 0.15) is 0 Å². The van der Waals surface area contributed by atoms with Crippen LogP contribution in [0, 0.1) is 0 Å². The Labute approximate surface area is 192 Å². The lowest BCUT2D eigenvalue weighted by atomic mass is 10.0. The van der Waals surface area contributed by atoms with Crippen LogP contribution in [0.4, 0.5) is 13.2 Å². The van der Waals surface area contributed by atoms with E-state index in [2.05, 4.69) is 16.9 Å². The smallest absolute Gasteiger partial charge is 0.353 e. The molecule has 1 aromatic heterocycles. The third-order valence-corrected chi connectivity index (χ3v) is 7.09. The fourth-order valence-electron chi connectivity index (χ4n) is 3.80. The molecule has 1 saturated heterocycles. The van der Waals surface area contributed by atoms with Crippen molar-refractivity contribution in [2.24, 2.45) is 0 Å². The van der Waals surface area contributed by atoms with Crippen molar-refractivity contribution in [1.82, 2.24) is 9.97 Å². The molecule has 2 aromatic rings. The second-order valence-electron chi connectivity index (χ2n) is 8.04. The standard InChI is InChI=1S/C23H29F3N2O4S/c1-2-3-4-5-9-19(32-21-10-6-7-15-31-21)18-12-11-17(22-27-13-8-14-28-22)16-20(18)33(29,30)23(24,25)26/h8,11-14,16,19,21H,2-7,9-10,15H2,1H3. The van der Waals surface area contributed by atoms with E-state index >= 15 is 0 Å². The molecule has 1 fully saturated rings. The van der Waals surface area contributed by atoms with Crippen molar-refractivity contribution >= 4 is 9.84 Å². The third-order valence-electron chi connectivity index (χ3n) is 5.55. The molecule has 6 nitrogen and oxygen atoms in total. The average Bonchev–Trinajstić information content (AvgIpc) is 2.81. The zero-order valence-corrected chi connectivity index (χ0v) is 19.4. The first-order valence-electron chi connectivity index (χ1n) is 11.2. The Balaban J connectivity index is 2.04. The average molecular weight is 487 g/mol. The summed E-state index contributed by atoms with van der Waals surface area (Å²) >= 11 is 0. The quantitative estimate of drug-likeness (QED) is 0.384. The summed E-state index contributed by atoms with van der Waals surface area (Å²) in [6.45, 7) is 2.56. The summed E-state index contributed by atoms with van der Waals surface area (Å²) in [4.78, 5) is 7.25. The van der Waals surface area contributed by atoms with Gasteiger partial charge in [0.05, 0.1) is 11.0 Å². The maximum Gasteiger partial charge on any atom is 0.501 e. The molecule has 1 aromatic carbocycles. The Bertz CT molecular complexity index is 995. The topological polar surface area (TPSA) is 78.4 Å². The van der Waals surface area contributed by atoms with Gasteiger partial charge in [0.15, 0.2) is 12.1 Å². The molecule has 2 atom stereocenters. The Kier molecular flexibility index (Phi) is 8.83. The summed E-state index contributed by atoms with van der Waals surface area (Å²) in [7, 11) is -5.64. The van der Waals surface area contributed by atoms with Crippen LogP contribution in [0.3, 0.4) is 0 Å². The van der Waals surface area contributed by atoms with Crippen LogP contribution in [0.2, 0.25) is 0 Å². The monoisotopic (exact) mass is 486 g/mol. The van der Waals surface area contributed by atoms with Crippen molar-refractivity contribution in [3.63, 3.8) is 0 Å². The summed E-state index contributed by atoms with van der Waals surface area (Å²) in [5.74, 6) is 0.138. The number of hydrogen-bond acceptors (Lipinski definition) is 6. The molecule has 1 aliphatic heterocycles. The molecule has 2 heterocycles. The first kappa shape index (κ1) is 25.6. The minimum Gasteiger partial charge on any atom is -0.353 e. The molecule has 10 heteroatoms. The van der Waals surface area contributed by atoms with Gasteiger partial charge in [0.25, 0.3) is 9.84 Å². The van der Waals surface area contributed by atoms with E-state index < -0.39 is 32.6 Å². The molecular weight excluding hydrogens is 457 g/mol. The van der Waals surface area contributed by atoms with Crippen LogP contribution in [0.15, 0.2) is 41.6 Å². The number of ether oxygens (including phenoxy) is 2. The molecular formula is C23H29F3N2O4S. The Morgan fingerprint density at radius 2 is 1.91 bits per heavy atom. The highest BCUT2D eigenvalue weighted by molar-refractivity contribution is 7.92. The second kappa shape index (κ2) is 11.4. The fraction of sp³-hybridized carbons (Fsp3) is 0.565. The molecule has 0 N–H and O–H groups in total. The zero-order valence-electron chi connectivity index (χ0n) is 18.6. The van der Waals surface area contributed by atoms with Crippen LogP contribution >= 0.6 is 0 Å². The van der Waals surface area contributed by atoms with E-state index in [1.54, 1.807) is 6.07 Å². The van der Waals surface area contributed by atoms with Gasteiger partial charge in [-0.1, -0.05) is 44.7 Å². The van der Waals surface area contributed by atoms with Gasteiger partial charge in [-0.05, 0) is 43.4 Å². The van der Waals surface area contributed by atoms with Gasteiger partial charge < -0.3 is 9.47 Å². The highest BCUT2D eigenvalue weighted by Gasteiger charge is 2.48. The van der Waals surface area contributed by atoms with Gasteiger partial charge in [-0.15, -0.1) is 0 Å². The Morgan fingerprint density at radius 1 is 1.15 bits per heavy atom.